The third-order valence-corrected chi connectivity index (χ3v) is 6.14. The van der Waals surface area contributed by atoms with Crippen LogP contribution in [0.1, 0.15) is 45.0 Å². The maximum Gasteiger partial charge on any atom is 0.311 e. The molecule has 0 saturated heterocycles. The fourth-order valence-electron chi connectivity index (χ4n) is 4.25. The van der Waals surface area contributed by atoms with Gasteiger partial charge < -0.3 is 24.8 Å². The molecular formula is C29H29N3O5. The molecular weight excluding hydrogens is 470 g/mol. The number of fused-ring (bicyclic) bond motifs is 1. The Labute approximate surface area is 216 Å². The highest BCUT2D eigenvalue weighted by Gasteiger charge is 2.29. The average molecular weight is 500 g/mol. The van der Waals surface area contributed by atoms with Crippen LogP contribution in [0.2, 0.25) is 0 Å². The number of nitrogens with one attached hydrogen (secondary N) is 1. The largest absolute Gasteiger partial charge is 0.493 e. The van der Waals surface area contributed by atoms with Crippen molar-refractivity contribution in [3.05, 3.63) is 88.5 Å². The molecule has 0 aliphatic carbocycles. The quantitative estimate of drug-likeness (QED) is 0.451. The van der Waals surface area contributed by atoms with E-state index in [1.807, 2.05) is 14.1 Å². The number of amides is 1. The lowest BCUT2D eigenvalue weighted by Gasteiger charge is -2.24. The van der Waals surface area contributed by atoms with Gasteiger partial charge in [-0.2, -0.15) is 5.26 Å². The molecule has 2 N–H and O–H groups in total. The zero-order valence-electron chi connectivity index (χ0n) is 20.9. The number of nitrogens with zero attached hydrogens (tertiary/aromatic N) is 2. The molecule has 190 valence electrons. The summed E-state index contributed by atoms with van der Waals surface area (Å²) in [4.78, 5) is 26.2. The van der Waals surface area contributed by atoms with Gasteiger partial charge in [0.25, 0.3) is 5.91 Å². The molecule has 8 heteroatoms. The second-order valence-electron chi connectivity index (χ2n) is 9.21. The number of carboxylic acids is 1. The van der Waals surface area contributed by atoms with E-state index in [9.17, 15) is 20.0 Å². The molecule has 8 nitrogen and oxygen atoms in total. The smallest absolute Gasteiger partial charge is 0.311 e. The standard InChI is InChI=1S/C29H29N3O5/c1-32(2)18-20-5-3-19(4-6-20)11-13-31-28(33)21-7-9-23(10-8-21)37-26-16-27-25(15-22(26)17-30)24(29(34)35)12-14-36-27/h3-10,15-16,24H,11-14,18H2,1-2H3,(H,31,33)(H,34,35). The lowest BCUT2D eigenvalue weighted by Crippen LogP contribution is -2.25. The number of carbonyl (C=O) groups is 2. The predicted octanol–water partition coefficient (Wildman–Crippen LogP) is 4.34. The first-order valence-corrected chi connectivity index (χ1v) is 12.1. The summed E-state index contributed by atoms with van der Waals surface area (Å²) in [7, 11) is 4.07. The molecule has 0 spiro atoms. The van der Waals surface area contributed by atoms with Crippen LogP contribution >= 0.6 is 0 Å². The summed E-state index contributed by atoms with van der Waals surface area (Å²) >= 11 is 0. The molecule has 0 radical (unpaired) electrons. The number of ether oxygens (including phenoxy) is 2. The predicted molar refractivity (Wildman–Crippen MR) is 138 cm³/mol. The van der Waals surface area contributed by atoms with Crippen LogP contribution in [-0.4, -0.2) is 49.1 Å². The highest BCUT2D eigenvalue weighted by atomic mass is 16.5. The van der Waals surface area contributed by atoms with Crippen molar-refractivity contribution in [2.75, 3.05) is 27.2 Å². The van der Waals surface area contributed by atoms with Gasteiger partial charge in [-0.3, -0.25) is 9.59 Å². The van der Waals surface area contributed by atoms with Crippen molar-refractivity contribution >= 4 is 11.9 Å². The minimum atomic E-state index is -0.950. The summed E-state index contributed by atoms with van der Waals surface area (Å²) in [6.07, 6.45) is 1.08. The molecule has 0 bridgehead atoms. The van der Waals surface area contributed by atoms with E-state index >= 15 is 0 Å². The Balaban J connectivity index is 1.36. The van der Waals surface area contributed by atoms with Crippen LogP contribution in [0.15, 0.2) is 60.7 Å². The summed E-state index contributed by atoms with van der Waals surface area (Å²) in [5.41, 5.74) is 3.58. The molecule has 4 rings (SSSR count). The van der Waals surface area contributed by atoms with Crippen LogP contribution in [0.3, 0.4) is 0 Å². The Morgan fingerprint density at radius 2 is 1.81 bits per heavy atom. The zero-order valence-corrected chi connectivity index (χ0v) is 20.9. The van der Waals surface area contributed by atoms with Crippen molar-refractivity contribution in [3.63, 3.8) is 0 Å². The van der Waals surface area contributed by atoms with E-state index in [0.717, 1.165) is 18.5 Å². The van der Waals surface area contributed by atoms with E-state index in [-0.39, 0.29) is 23.8 Å². The number of aliphatic carboxylic acids is 1. The number of carboxylic acid groups (broad SMARTS) is 1. The van der Waals surface area contributed by atoms with Crippen LogP contribution in [-0.2, 0) is 17.8 Å². The van der Waals surface area contributed by atoms with Crippen molar-refractivity contribution in [1.82, 2.24) is 10.2 Å². The molecule has 1 atom stereocenters. The van der Waals surface area contributed by atoms with Gasteiger partial charge >= 0.3 is 5.97 Å². The number of nitriles is 1. The fraction of sp³-hybridized carbons (Fsp3) is 0.276. The van der Waals surface area contributed by atoms with E-state index in [1.165, 1.54) is 11.6 Å². The van der Waals surface area contributed by atoms with Crippen LogP contribution in [0.5, 0.6) is 17.2 Å². The molecule has 0 saturated carbocycles. The van der Waals surface area contributed by atoms with Gasteiger partial charge in [0.15, 0.2) is 0 Å². The fourth-order valence-corrected chi connectivity index (χ4v) is 4.25. The third kappa shape index (κ3) is 6.46. The monoisotopic (exact) mass is 499 g/mol. The van der Waals surface area contributed by atoms with Crippen molar-refractivity contribution in [2.45, 2.75) is 25.3 Å². The number of rotatable bonds is 9. The summed E-state index contributed by atoms with van der Waals surface area (Å²) in [6.45, 7) is 1.68. The number of benzene rings is 3. The van der Waals surface area contributed by atoms with Crippen LogP contribution in [0, 0.1) is 11.3 Å². The maximum atomic E-state index is 12.6. The Kier molecular flexibility index (Phi) is 8.06. The van der Waals surface area contributed by atoms with Gasteiger partial charge in [0, 0.05) is 30.3 Å². The van der Waals surface area contributed by atoms with E-state index in [0.29, 0.717) is 35.6 Å². The van der Waals surface area contributed by atoms with Crippen molar-refractivity contribution < 1.29 is 24.2 Å². The molecule has 0 fully saturated rings. The molecule has 3 aromatic rings. The van der Waals surface area contributed by atoms with Gasteiger partial charge in [-0.1, -0.05) is 24.3 Å². The Bertz CT molecular complexity index is 1310. The number of hydrogen-bond donors (Lipinski definition) is 2. The summed E-state index contributed by atoms with van der Waals surface area (Å²) in [5, 5.41) is 22.0. The average Bonchev–Trinajstić information content (AvgIpc) is 2.89. The maximum absolute atomic E-state index is 12.6. The molecule has 1 heterocycles. The first-order valence-electron chi connectivity index (χ1n) is 12.1. The Morgan fingerprint density at radius 1 is 1.11 bits per heavy atom. The SMILES string of the molecule is CN(C)Cc1ccc(CCNC(=O)c2ccc(Oc3cc4c(cc3C#N)C(C(=O)O)CCO4)cc2)cc1. The van der Waals surface area contributed by atoms with Gasteiger partial charge in [-0.25, -0.2) is 0 Å². The van der Waals surface area contributed by atoms with E-state index < -0.39 is 11.9 Å². The number of carbonyl (C=O) groups excluding carboxylic acids is 1. The first-order chi connectivity index (χ1) is 17.8. The highest BCUT2D eigenvalue weighted by molar-refractivity contribution is 5.94. The molecule has 1 aliphatic heterocycles. The van der Waals surface area contributed by atoms with Crippen LogP contribution in [0.25, 0.3) is 0 Å². The second kappa shape index (κ2) is 11.6. The lowest BCUT2D eigenvalue weighted by molar-refractivity contribution is -0.139. The molecule has 1 amide bonds. The summed E-state index contributed by atoms with van der Waals surface area (Å²) in [6, 6.07) is 20.1. The van der Waals surface area contributed by atoms with Gasteiger partial charge in [0.1, 0.15) is 23.3 Å². The number of hydrogen-bond acceptors (Lipinski definition) is 6. The second-order valence-corrected chi connectivity index (χ2v) is 9.21. The normalized spacial score (nSPS) is 14.3. The van der Waals surface area contributed by atoms with Crippen LogP contribution in [0.4, 0.5) is 0 Å². The topological polar surface area (TPSA) is 112 Å². The van der Waals surface area contributed by atoms with Crippen molar-refractivity contribution in [3.8, 4) is 23.3 Å². The van der Waals surface area contributed by atoms with Gasteiger partial charge in [0.05, 0.1) is 18.1 Å². The summed E-state index contributed by atoms with van der Waals surface area (Å²) in [5.74, 6) is -0.747. The van der Waals surface area contributed by atoms with Crippen LogP contribution < -0.4 is 14.8 Å². The van der Waals surface area contributed by atoms with Gasteiger partial charge in [-0.15, -0.1) is 0 Å². The van der Waals surface area contributed by atoms with E-state index in [2.05, 4.69) is 40.6 Å². The Morgan fingerprint density at radius 3 is 2.46 bits per heavy atom. The summed E-state index contributed by atoms with van der Waals surface area (Å²) < 4.78 is 11.5. The first kappa shape index (κ1) is 25.7. The highest BCUT2D eigenvalue weighted by Crippen LogP contribution is 2.39. The zero-order chi connectivity index (χ0) is 26.4. The third-order valence-electron chi connectivity index (χ3n) is 6.14. The van der Waals surface area contributed by atoms with E-state index in [1.54, 1.807) is 30.3 Å². The van der Waals surface area contributed by atoms with Gasteiger partial charge in [0.2, 0.25) is 0 Å². The lowest BCUT2D eigenvalue weighted by atomic mass is 9.91. The van der Waals surface area contributed by atoms with Gasteiger partial charge in [-0.05, 0) is 68.4 Å². The van der Waals surface area contributed by atoms with Crippen molar-refractivity contribution in [1.29, 1.82) is 5.26 Å². The molecule has 3 aromatic carbocycles. The molecule has 37 heavy (non-hydrogen) atoms. The van der Waals surface area contributed by atoms with Crippen molar-refractivity contribution in [2.24, 2.45) is 0 Å². The Hall–Kier alpha value is -4.35. The molecule has 0 aromatic heterocycles. The minimum Gasteiger partial charge on any atom is -0.493 e. The minimum absolute atomic E-state index is 0.185. The molecule has 1 unspecified atom stereocenters. The molecule has 1 aliphatic rings. The van der Waals surface area contributed by atoms with E-state index in [4.69, 9.17) is 9.47 Å².